The average molecular weight is 234 g/mol. The summed E-state index contributed by atoms with van der Waals surface area (Å²) in [5, 5.41) is 10.0. The first-order valence-electron chi connectivity index (χ1n) is 5.50. The van der Waals surface area contributed by atoms with Crippen molar-refractivity contribution in [1.82, 2.24) is 9.55 Å². The number of aromatic nitrogens is 2. The molecule has 0 saturated heterocycles. The van der Waals surface area contributed by atoms with E-state index in [9.17, 15) is 9.50 Å². The number of aliphatic hydroxyl groups is 1. The minimum absolute atomic E-state index is 0.296. The molecule has 1 heterocycles. The van der Waals surface area contributed by atoms with Gasteiger partial charge in [0.25, 0.3) is 0 Å². The highest BCUT2D eigenvalue weighted by atomic mass is 19.1. The maximum absolute atomic E-state index is 12.7. The average Bonchev–Trinajstić information content (AvgIpc) is 2.62. The maximum atomic E-state index is 12.7. The van der Waals surface area contributed by atoms with Crippen molar-refractivity contribution in [2.75, 3.05) is 0 Å². The van der Waals surface area contributed by atoms with E-state index < -0.39 is 6.10 Å². The van der Waals surface area contributed by atoms with E-state index in [1.54, 1.807) is 18.5 Å². The van der Waals surface area contributed by atoms with Crippen LogP contribution in [0.15, 0.2) is 30.6 Å². The molecule has 0 saturated carbocycles. The van der Waals surface area contributed by atoms with E-state index in [1.165, 1.54) is 12.1 Å². The van der Waals surface area contributed by atoms with Gasteiger partial charge in [-0.2, -0.15) is 0 Å². The van der Waals surface area contributed by atoms with Crippen LogP contribution >= 0.6 is 0 Å². The lowest BCUT2D eigenvalue weighted by atomic mass is 10.1. The van der Waals surface area contributed by atoms with Gasteiger partial charge < -0.3 is 9.67 Å². The molecule has 1 atom stereocenters. The Morgan fingerprint density at radius 1 is 1.29 bits per heavy atom. The van der Waals surface area contributed by atoms with Crippen LogP contribution in [0.25, 0.3) is 0 Å². The first-order chi connectivity index (χ1) is 8.08. The number of rotatable bonds is 3. The standard InChI is InChI=1S/C13H15FN2O/c1-9-10(2)16(8-15-9)7-13(17)11-3-5-12(14)6-4-11/h3-6,8,13,17H,7H2,1-2H3. The van der Waals surface area contributed by atoms with Gasteiger partial charge in [-0.05, 0) is 31.5 Å². The molecule has 0 aliphatic carbocycles. The number of aryl methyl sites for hydroxylation is 1. The molecule has 0 spiro atoms. The Bertz CT molecular complexity index is 505. The first kappa shape index (κ1) is 11.8. The van der Waals surface area contributed by atoms with E-state index in [0.717, 1.165) is 11.4 Å². The van der Waals surface area contributed by atoms with Crippen LogP contribution in [-0.2, 0) is 6.54 Å². The fourth-order valence-electron chi connectivity index (χ4n) is 1.70. The lowest BCUT2D eigenvalue weighted by Crippen LogP contribution is -2.09. The molecule has 3 nitrogen and oxygen atoms in total. The number of imidazole rings is 1. The van der Waals surface area contributed by atoms with Gasteiger partial charge in [-0.15, -0.1) is 0 Å². The largest absolute Gasteiger partial charge is 0.387 e. The van der Waals surface area contributed by atoms with E-state index in [2.05, 4.69) is 4.98 Å². The number of benzene rings is 1. The second-order valence-electron chi connectivity index (χ2n) is 4.14. The van der Waals surface area contributed by atoms with Crippen molar-refractivity contribution in [2.45, 2.75) is 26.5 Å². The molecule has 90 valence electrons. The Morgan fingerprint density at radius 3 is 2.47 bits per heavy atom. The van der Waals surface area contributed by atoms with Gasteiger partial charge >= 0.3 is 0 Å². The number of nitrogens with zero attached hydrogens (tertiary/aromatic N) is 2. The number of hydrogen-bond donors (Lipinski definition) is 1. The van der Waals surface area contributed by atoms with Gasteiger partial charge in [0.1, 0.15) is 5.82 Å². The van der Waals surface area contributed by atoms with E-state index in [4.69, 9.17) is 0 Å². The van der Waals surface area contributed by atoms with Crippen molar-refractivity contribution >= 4 is 0 Å². The third-order valence-electron chi connectivity index (χ3n) is 2.97. The van der Waals surface area contributed by atoms with E-state index in [0.29, 0.717) is 12.1 Å². The Balaban J connectivity index is 2.14. The van der Waals surface area contributed by atoms with Crippen LogP contribution in [0.2, 0.25) is 0 Å². The molecule has 0 aliphatic heterocycles. The smallest absolute Gasteiger partial charge is 0.123 e. The van der Waals surface area contributed by atoms with Crippen molar-refractivity contribution in [3.63, 3.8) is 0 Å². The summed E-state index contributed by atoms with van der Waals surface area (Å²) in [6, 6.07) is 5.90. The molecule has 2 aromatic rings. The molecule has 0 radical (unpaired) electrons. The van der Waals surface area contributed by atoms with Crippen LogP contribution in [0.4, 0.5) is 4.39 Å². The second kappa shape index (κ2) is 4.67. The van der Waals surface area contributed by atoms with Gasteiger partial charge in [0, 0.05) is 5.69 Å². The van der Waals surface area contributed by atoms with Crippen LogP contribution in [0.1, 0.15) is 23.1 Å². The molecule has 1 N–H and O–H groups in total. The Labute approximate surface area is 99.5 Å². The molecule has 1 unspecified atom stereocenters. The SMILES string of the molecule is Cc1ncn(CC(O)c2ccc(F)cc2)c1C. The monoisotopic (exact) mass is 234 g/mol. The van der Waals surface area contributed by atoms with Crippen LogP contribution in [0, 0.1) is 19.7 Å². The maximum Gasteiger partial charge on any atom is 0.123 e. The first-order valence-corrected chi connectivity index (χ1v) is 5.50. The third-order valence-corrected chi connectivity index (χ3v) is 2.97. The highest BCUT2D eigenvalue weighted by Gasteiger charge is 2.10. The van der Waals surface area contributed by atoms with Crippen LogP contribution in [-0.4, -0.2) is 14.7 Å². The van der Waals surface area contributed by atoms with E-state index in [-0.39, 0.29) is 5.82 Å². The van der Waals surface area contributed by atoms with Crippen molar-refractivity contribution in [2.24, 2.45) is 0 Å². The van der Waals surface area contributed by atoms with Gasteiger partial charge in [0.15, 0.2) is 0 Å². The molecule has 1 aromatic carbocycles. The van der Waals surface area contributed by atoms with Gasteiger partial charge in [-0.1, -0.05) is 12.1 Å². The minimum Gasteiger partial charge on any atom is -0.387 e. The Kier molecular flexibility index (Phi) is 3.24. The zero-order valence-corrected chi connectivity index (χ0v) is 9.89. The number of aliphatic hydroxyl groups excluding tert-OH is 1. The molecule has 0 amide bonds. The van der Waals surface area contributed by atoms with Crippen molar-refractivity contribution in [3.8, 4) is 0 Å². The molecule has 17 heavy (non-hydrogen) atoms. The molecular formula is C13H15FN2O. The van der Waals surface area contributed by atoms with Gasteiger partial charge in [0.05, 0.1) is 24.7 Å². The Morgan fingerprint density at radius 2 is 1.94 bits per heavy atom. The van der Waals surface area contributed by atoms with Gasteiger partial charge in [-0.3, -0.25) is 0 Å². The highest BCUT2D eigenvalue weighted by Crippen LogP contribution is 2.17. The summed E-state index contributed by atoms with van der Waals surface area (Å²) in [5.41, 5.74) is 2.69. The second-order valence-corrected chi connectivity index (χ2v) is 4.14. The summed E-state index contributed by atoms with van der Waals surface area (Å²) in [6.45, 7) is 4.31. The predicted octanol–water partition coefficient (Wildman–Crippen LogP) is 2.37. The van der Waals surface area contributed by atoms with E-state index >= 15 is 0 Å². The molecule has 0 bridgehead atoms. The fourth-order valence-corrected chi connectivity index (χ4v) is 1.70. The summed E-state index contributed by atoms with van der Waals surface area (Å²) < 4.78 is 14.6. The molecule has 1 aromatic heterocycles. The number of halogens is 1. The lowest BCUT2D eigenvalue weighted by molar-refractivity contribution is 0.155. The van der Waals surface area contributed by atoms with E-state index in [1.807, 2.05) is 18.4 Å². The molecule has 4 heteroatoms. The summed E-state index contributed by atoms with van der Waals surface area (Å²) in [5.74, 6) is -0.296. The quantitative estimate of drug-likeness (QED) is 0.885. The zero-order chi connectivity index (χ0) is 12.4. The normalized spacial score (nSPS) is 12.7. The summed E-state index contributed by atoms with van der Waals surface area (Å²) in [6.07, 6.45) is 1.06. The minimum atomic E-state index is -0.650. The molecular weight excluding hydrogens is 219 g/mol. The highest BCUT2D eigenvalue weighted by molar-refractivity contribution is 5.19. The fraction of sp³-hybridized carbons (Fsp3) is 0.308. The van der Waals surface area contributed by atoms with Crippen LogP contribution < -0.4 is 0 Å². The zero-order valence-electron chi connectivity index (χ0n) is 9.89. The Hall–Kier alpha value is -1.68. The van der Waals surface area contributed by atoms with Crippen LogP contribution in [0.5, 0.6) is 0 Å². The third kappa shape index (κ3) is 2.53. The van der Waals surface area contributed by atoms with Crippen LogP contribution in [0.3, 0.4) is 0 Å². The summed E-state index contributed by atoms with van der Waals surface area (Å²) in [7, 11) is 0. The molecule has 0 aliphatic rings. The number of hydrogen-bond acceptors (Lipinski definition) is 2. The summed E-state index contributed by atoms with van der Waals surface area (Å²) in [4.78, 5) is 4.17. The van der Waals surface area contributed by atoms with Gasteiger partial charge in [0.2, 0.25) is 0 Å². The molecule has 2 rings (SSSR count). The predicted molar refractivity (Wildman–Crippen MR) is 63.1 cm³/mol. The van der Waals surface area contributed by atoms with Crippen molar-refractivity contribution < 1.29 is 9.50 Å². The van der Waals surface area contributed by atoms with Gasteiger partial charge in [-0.25, -0.2) is 9.37 Å². The van der Waals surface area contributed by atoms with Crippen molar-refractivity contribution in [3.05, 3.63) is 53.4 Å². The molecule has 0 fully saturated rings. The lowest BCUT2D eigenvalue weighted by Gasteiger charge is -2.13. The van der Waals surface area contributed by atoms with Crippen molar-refractivity contribution in [1.29, 1.82) is 0 Å². The summed E-state index contributed by atoms with van der Waals surface area (Å²) >= 11 is 0. The topological polar surface area (TPSA) is 38.0 Å².